The first kappa shape index (κ1) is 22.0. The molecule has 0 spiro atoms. The summed E-state index contributed by atoms with van der Waals surface area (Å²) < 4.78 is 0. The first-order valence-electron chi connectivity index (χ1n) is 10.2. The average Bonchev–Trinajstić information content (AvgIpc) is 2.88. The molecule has 0 aromatic heterocycles. The molecule has 0 heterocycles. The smallest absolute Gasteiger partial charge is 0.270 e. The van der Waals surface area contributed by atoms with Crippen LogP contribution in [-0.2, 0) is 0 Å². The van der Waals surface area contributed by atoms with Crippen molar-refractivity contribution >= 4 is 39.6 Å². The van der Waals surface area contributed by atoms with Gasteiger partial charge in [-0.15, -0.1) is 0 Å². The predicted octanol–water partition coefficient (Wildman–Crippen LogP) is 4.47. The zero-order valence-corrected chi connectivity index (χ0v) is 18.4. The van der Waals surface area contributed by atoms with Crippen molar-refractivity contribution < 1.29 is 9.72 Å². The Bertz CT molecular complexity index is 1310. The van der Waals surface area contributed by atoms with Gasteiger partial charge in [-0.1, -0.05) is 103 Å². The minimum Gasteiger partial charge on any atom is -0.288 e. The molecule has 6 heteroatoms. The van der Waals surface area contributed by atoms with E-state index < -0.39 is 17.6 Å². The van der Waals surface area contributed by atoms with Gasteiger partial charge in [-0.2, -0.15) is 5.26 Å². The van der Waals surface area contributed by atoms with E-state index in [0.717, 1.165) is 15.9 Å². The van der Waals surface area contributed by atoms with Crippen LogP contribution < -0.4 is 15.9 Å². The van der Waals surface area contributed by atoms with E-state index in [1.54, 1.807) is 0 Å². The minimum absolute atomic E-state index is 0.0756. The molecule has 0 radical (unpaired) electrons. The van der Waals surface area contributed by atoms with Crippen LogP contribution in [0.25, 0.3) is 0 Å². The fraction of sp³-hybridized carbons (Fsp3) is 0. The number of rotatable bonds is 6. The number of non-ortho nitro benzene ring substituents is 1. The summed E-state index contributed by atoms with van der Waals surface area (Å²) in [4.78, 5) is 24.6. The van der Waals surface area contributed by atoms with E-state index in [-0.39, 0.29) is 16.5 Å². The molecular formula is C27H19N2O3P. The summed E-state index contributed by atoms with van der Waals surface area (Å²) in [6, 6.07) is 36.4. The number of carbonyl (C=O) groups is 1. The Hall–Kier alpha value is -4.26. The number of carbonyl (C=O) groups excluding carboxylic acids is 1. The van der Waals surface area contributed by atoms with Crippen molar-refractivity contribution in [2.75, 3.05) is 0 Å². The van der Waals surface area contributed by atoms with Crippen LogP contribution in [0.3, 0.4) is 0 Å². The van der Waals surface area contributed by atoms with Crippen LogP contribution in [0.1, 0.15) is 10.4 Å². The third-order valence-corrected chi connectivity index (χ3v) is 9.60. The van der Waals surface area contributed by atoms with Gasteiger partial charge < -0.3 is 0 Å². The second-order valence-electron chi connectivity index (χ2n) is 7.27. The highest BCUT2D eigenvalue weighted by Crippen LogP contribution is 2.46. The van der Waals surface area contributed by atoms with Gasteiger partial charge in [0.25, 0.3) is 5.69 Å². The highest BCUT2D eigenvalue weighted by Gasteiger charge is 2.34. The van der Waals surface area contributed by atoms with Gasteiger partial charge in [0.15, 0.2) is 0 Å². The van der Waals surface area contributed by atoms with Gasteiger partial charge in [0.1, 0.15) is 11.4 Å². The van der Waals surface area contributed by atoms with Gasteiger partial charge in [0, 0.05) is 17.7 Å². The molecule has 160 valence electrons. The second-order valence-corrected chi connectivity index (χ2v) is 10.6. The van der Waals surface area contributed by atoms with Crippen molar-refractivity contribution in [2.24, 2.45) is 0 Å². The van der Waals surface area contributed by atoms with E-state index in [4.69, 9.17) is 0 Å². The second kappa shape index (κ2) is 9.48. The number of nitro groups is 1. The van der Waals surface area contributed by atoms with E-state index in [1.165, 1.54) is 24.3 Å². The van der Waals surface area contributed by atoms with Crippen molar-refractivity contribution in [1.82, 2.24) is 0 Å². The summed E-state index contributed by atoms with van der Waals surface area (Å²) in [7, 11) is 0. The van der Waals surface area contributed by atoms with E-state index >= 15 is 0 Å². The lowest BCUT2D eigenvalue weighted by molar-refractivity contribution is -0.384. The van der Waals surface area contributed by atoms with E-state index in [2.05, 4.69) is 6.07 Å². The molecule has 0 saturated carbocycles. The number of nitrogens with zero attached hydrogens (tertiary/aromatic N) is 2. The van der Waals surface area contributed by atoms with Crippen molar-refractivity contribution in [3.05, 3.63) is 131 Å². The number of hydrogen-bond donors (Lipinski definition) is 0. The van der Waals surface area contributed by atoms with Crippen LogP contribution >= 0.6 is 6.89 Å². The standard InChI is InChI=1S/C27H19N2O3P/c28-20-26(27(30)21-11-10-12-22(19-21)29(31)32)33(23-13-4-1-5-14-23,24-15-6-2-7-16-24)25-17-8-3-9-18-25/h1-19H. The average molecular weight is 450 g/mol. The molecule has 0 saturated heterocycles. The van der Waals surface area contributed by atoms with Crippen molar-refractivity contribution in [3.8, 4) is 6.07 Å². The Labute approximate surface area is 191 Å². The lowest BCUT2D eigenvalue weighted by Gasteiger charge is -2.30. The highest BCUT2D eigenvalue weighted by atomic mass is 31.2. The fourth-order valence-corrected chi connectivity index (χ4v) is 8.08. The van der Waals surface area contributed by atoms with Gasteiger partial charge in [-0.3, -0.25) is 14.9 Å². The molecule has 0 unspecified atom stereocenters. The van der Waals surface area contributed by atoms with Crippen molar-refractivity contribution in [3.63, 3.8) is 0 Å². The molecule has 4 aromatic rings. The Morgan fingerprint density at radius 3 is 1.58 bits per heavy atom. The first-order valence-corrected chi connectivity index (χ1v) is 12.0. The van der Waals surface area contributed by atoms with Crippen molar-refractivity contribution in [1.29, 1.82) is 5.26 Å². The number of hydrogen-bond acceptors (Lipinski definition) is 4. The van der Waals surface area contributed by atoms with Crippen LogP contribution in [0, 0.1) is 21.4 Å². The Kier molecular flexibility index (Phi) is 6.31. The minimum atomic E-state index is -2.89. The van der Waals surface area contributed by atoms with Gasteiger partial charge in [0.05, 0.1) is 4.92 Å². The summed E-state index contributed by atoms with van der Waals surface area (Å²) >= 11 is 0. The molecule has 0 fully saturated rings. The molecule has 0 aliphatic carbocycles. The lowest BCUT2D eigenvalue weighted by Crippen LogP contribution is -2.33. The first-order chi connectivity index (χ1) is 16.1. The maximum absolute atomic E-state index is 13.9. The normalized spacial score (nSPS) is 10.8. The lowest BCUT2D eigenvalue weighted by atomic mass is 10.1. The topological polar surface area (TPSA) is 84.0 Å². The summed E-state index contributed by atoms with van der Waals surface area (Å²) in [5.41, 5.74) is -0.0749. The third-order valence-electron chi connectivity index (χ3n) is 5.41. The van der Waals surface area contributed by atoms with Crippen LogP contribution in [-0.4, -0.2) is 16.0 Å². The number of benzene rings is 4. The molecule has 0 N–H and O–H groups in total. The summed E-state index contributed by atoms with van der Waals surface area (Å²) in [5, 5.41) is 24.4. The summed E-state index contributed by atoms with van der Waals surface area (Å²) in [6.07, 6.45) is 0. The Morgan fingerprint density at radius 2 is 1.18 bits per heavy atom. The van der Waals surface area contributed by atoms with Crippen LogP contribution in [0.2, 0.25) is 0 Å². The van der Waals surface area contributed by atoms with Gasteiger partial charge >= 0.3 is 0 Å². The van der Waals surface area contributed by atoms with Crippen LogP contribution in [0.4, 0.5) is 5.69 Å². The zero-order valence-electron chi connectivity index (χ0n) is 17.5. The summed E-state index contributed by atoms with van der Waals surface area (Å²) in [6.45, 7) is -2.89. The molecule has 0 aliphatic rings. The molecule has 0 amide bonds. The maximum atomic E-state index is 13.9. The molecular weight excluding hydrogens is 431 g/mol. The Balaban J connectivity index is 2.18. The molecule has 0 bridgehead atoms. The number of Topliss-reactive ketones (excluding diaryl/α,β-unsaturated/α-hetero) is 1. The van der Waals surface area contributed by atoms with Crippen molar-refractivity contribution in [2.45, 2.75) is 0 Å². The van der Waals surface area contributed by atoms with Gasteiger partial charge in [-0.25, -0.2) is 0 Å². The highest BCUT2D eigenvalue weighted by molar-refractivity contribution is 7.97. The van der Waals surface area contributed by atoms with E-state index in [0.29, 0.717) is 0 Å². The van der Waals surface area contributed by atoms with E-state index in [9.17, 15) is 20.2 Å². The predicted molar refractivity (Wildman–Crippen MR) is 133 cm³/mol. The largest absolute Gasteiger partial charge is 0.288 e. The molecule has 4 aromatic carbocycles. The molecule has 4 rings (SSSR count). The van der Waals surface area contributed by atoms with Gasteiger partial charge in [-0.05, 0) is 22.8 Å². The summed E-state index contributed by atoms with van der Waals surface area (Å²) in [5.74, 6) is -0.508. The maximum Gasteiger partial charge on any atom is 0.270 e. The van der Waals surface area contributed by atoms with E-state index in [1.807, 2.05) is 91.0 Å². The third kappa shape index (κ3) is 4.01. The molecule has 0 atom stereocenters. The number of nitro benzene ring substituents is 1. The molecule has 0 aliphatic heterocycles. The molecule has 33 heavy (non-hydrogen) atoms. The number of nitriles is 1. The monoisotopic (exact) mass is 450 g/mol. The quantitative estimate of drug-likeness (QED) is 0.188. The van der Waals surface area contributed by atoms with Gasteiger partial charge in [0.2, 0.25) is 5.78 Å². The SMILES string of the molecule is N#CC(C(=O)c1cccc([N+](=O)[O-])c1)=P(c1ccccc1)(c1ccccc1)c1ccccc1. The number of ketones is 1. The fourth-order valence-electron chi connectivity index (χ4n) is 3.96. The Morgan fingerprint density at radius 1 is 0.727 bits per heavy atom. The zero-order chi connectivity index (χ0) is 23.3. The van der Waals surface area contributed by atoms with Crippen LogP contribution in [0.5, 0.6) is 0 Å². The molecule has 5 nitrogen and oxygen atoms in total. The van der Waals surface area contributed by atoms with Crippen LogP contribution in [0.15, 0.2) is 115 Å².